The van der Waals surface area contributed by atoms with Crippen LogP contribution in [0.15, 0.2) is 41.4 Å². The third kappa shape index (κ3) is 3.69. The fourth-order valence-corrected chi connectivity index (χ4v) is 4.66. The number of benzene rings is 2. The summed E-state index contributed by atoms with van der Waals surface area (Å²) in [4.78, 5) is 18.1. The average Bonchev–Trinajstić information content (AvgIpc) is 3.03. The van der Waals surface area contributed by atoms with Crippen molar-refractivity contribution in [1.29, 1.82) is 0 Å². The molecule has 2 unspecified atom stereocenters. The minimum Gasteiger partial charge on any atom is -0.493 e. The molecule has 28 heavy (non-hydrogen) atoms. The molecule has 0 amide bonds. The van der Waals surface area contributed by atoms with Crippen LogP contribution in [0.2, 0.25) is 0 Å². The lowest BCUT2D eigenvalue weighted by Gasteiger charge is -2.16. The maximum absolute atomic E-state index is 13.4. The van der Waals surface area contributed by atoms with Gasteiger partial charge in [0.2, 0.25) is 0 Å². The van der Waals surface area contributed by atoms with Crippen molar-refractivity contribution >= 4 is 40.3 Å². The largest absolute Gasteiger partial charge is 0.493 e. The number of rotatable bonds is 7. The monoisotopic (exact) mass is 489 g/mol. The summed E-state index contributed by atoms with van der Waals surface area (Å²) in [5.74, 6) is 1.33. The molecule has 2 aliphatic rings. The quantitative estimate of drug-likeness (QED) is 0.292. The molecular formula is C23H24INO3. The summed E-state index contributed by atoms with van der Waals surface area (Å²) < 4.78 is 12.7. The molecule has 0 bridgehead atoms. The van der Waals surface area contributed by atoms with Crippen LogP contribution in [0.4, 0.5) is 5.69 Å². The number of unbranched alkanes of at least 4 members (excludes halogenated alkanes) is 2. The van der Waals surface area contributed by atoms with E-state index in [1.54, 1.807) is 13.2 Å². The first kappa shape index (κ1) is 19.4. The molecule has 0 fully saturated rings. The summed E-state index contributed by atoms with van der Waals surface area (Å²) >= 11 is 2.39. The molecule has 0 saturated heterocycles. The van der Waals surface area contributed by atoms with E-state index in [4.69, 9.17) is 9.47 Å². The van der Waals surface area contributed by atoms with Crippen LogP contribution in [-0.4, -0.2) is 30.1 Å². The van der Waals surface area contributed by atoms with Crippen molar-refractivity contribution < 1.29 is 14.3 Å². The predicted octanol–water partition coefficient (Wildman–Crippen LogP) is 5.53. The summed E-state index contributed by atoms with van der Waals surface area (Å²) in [5.41, 5.74) is 3.68. The zero-order valence-electron chi connectivity index (χ0n) is 16.0. The number of carbonyl (C=O) groups excluding carboxylic acids is 1. The number of alkyl halides is 1. The Hall–Kier alpha value is -1.89. The molecule has 1 heterocycles. The average molecular weight is 489 g/mol. The molecule has 0 N–H and O–H groups in total. The van der Waals surface area contributed by atoms with Crippen molar-refractivity contribution in [2.24, 2.45) is 10.9 Å². The Kier molecular flexibility index (Phi) is 5.99. The molecule has 0 aromatic heterocycles. The Morgan fingerprint density at radius 2 is 2.00 bits per heavy atom. The maximum atomic E-state index is 13.4. The second-order valence-electron chi connectivity index (χ2n) is 7.31. The Labute approximate surface area is 179 Å². The van der Waals surface area contributed by atoms with Crippen LogP contribution >= 0.6 is 22.6 Å². The molecule has 5 heteroatoms. The van der Waals surface area contributed by atoms with E-state index in [0.29, 0.717) is 29.4 Å². The number of ether oxygens (including phenoxy) is 2. The molecule has 0 saturated carbocycles. The van der Waals surface area contributed by atoms with Crippen molar-refractivity contribution in [2.45, 2.75) is 31.6 Å². The highest BCUT2D eigenvalue weighted by atomic mass is 127. The van der Waals surface area contributed by atoms with E-state index >= 15 is 0 Å². The third-order valence-electron chi connectivity index (χ3n) is 5.54. The fourth-order valence-electron chi connectivity index (χ4n) is 4.13. The highest BCUT2D eigenvalue weighted by Crippen LogP contribution is 2.45. The number of carbonyl (C=O) groups is 1. The van der Waals surface area contributed by atoms with Crippen LogP contribution in [0.1, 0.15) is 46.7 Å². The van der Waals surface area contributed by atoms with Gasteiger partial charge in [0.15, 0.2) is 17.3 Å². The van der Waals surface area contributed by atoms with Crippen LogP contribution in [0, 0.1) is 5.92 Å². The van der Waals surface area contributed by atoms with Crippen LogP contribution in [0.25, 0.3) is 0 Å². The van der Waals surface area contributed by atoms with Gasteiger partial charge in [0.1, 0.15) is 0 Å². The Morgan fingerprint density at radius 1 is 1.14 bits per heavy atom. The number of Topliss-reactive ketones (excluding diaryl/α,β-unsaturated/α-hetero) is 1. The number of ketones is 1. The minimum absolute atomic E-state index is 0.112. The first-order valence-electron chi connectivity index (χ1n) is 9.80. The maximum Gasteiger partial charge on any atom is 0.173 e. The normalized spacial score (nSPS) is 19.6. The lowest BCUT2D eigenvalue weighted by molar-refractivity contribution is 0.0952. The smallest absolute Gasteiger partial charge is 0.173 e. The Morgan fingerprint density at radius 3 is 2.82 bits per heavy atom. The van der Waals surface area contributed by atoms with Crippen LogP contribution in [0.5, 0.6) is 11.5 Å². The van der Waals surface area contributed by atoms with Crippen molar-refractivity contribution in [2.75, 3.05) is 18.1 Å². The molecule has 0 radical (unpaired) electrons. The second-order valence-corrected chi connectivity index (χ2v) is 8.38. The SMILES string of the molecule is COc1cc2c(cc1OCCCCCI)N=CC1Cc3ccccc3C1C2=O. The summed E-state index contributed by atoms with van der Waals surface area (Å²) in [6, 6.07) is 11.9. The molecule has 4 rings (SSSR count). The van der Waals surface area contributed by atoms with E-state index in [2.05, 4.69) is 39.7 Å². The fraction of sp³-hybridized carbons (Fsp3) is 0.391. The first-order valence-corrected chi connectivity index (χ1v) is 11.3. The number of aliphatic imine (C=N–C) groups is 1. The topological polar surface area (TPSA) is 47.9 Å². The van der Waals surface area contributed by atoms with Crippen LogP contribution < -0.4 is 9.47 Å². The second kappa shape index (κ2) is 8.64. The van der Waals surface area contributed by atoms with Gasteiger partial charge < -0.3 is 9.47 Å². The zero-order valence-corrected chi connectivity index (χ0v) is 18.1. The highest BCUT2D eigenvalue weighted by molar-refractivity contribution is 14.1. The van der Waals surface area contributed by atoms with Crippen LogP contribution in [0.3, 0.4) is 0 Å². The third-order valence-corrected chi connectivity index (χ3v) is 6.31. The molecule has 0 spiro atoms. The predicted molar refractivity (Wildman–Crippen MR) is 120 cm³/mol. The van der Waals surface area contributed by atoms with E-state index < -0.39 is 0 Å². The van der Waals surface area contributed by atoms with Gasteiger partial charge in [0.05, 0.1) is 25.3 Å². The molecule has 4 nitrogen and oxygen atoms in total. The van der Waals surface area contributed by atoms with Gasteiger partial charge in [-0.05, 0) is 47.3 Å². The lowest BCUT2D eigenvalue weighted by Crippen LogP contribution is -2.18. The minimum atomic E-state index is -0.161. The molecule has 1 aliphatic heterocycles. The van der Waals surface area contributed by atoms with E-state index in [-0.39, 0.29) is 17.6 Å². The van der Waals surface area contributed by atoms with Crippen molar-refractivity contribution in [3.05, 3.63) is 53.1 Å². The molecule has 2 aromatic carbocycles. The van der Waals surface area contributed by atoms with Gasteiger partial charge in [-0.25, -0.2) is 0 Å². The van der Waals surface area contributed by atoms with Gasteiger partial charge in [-0.3, -0.25) is 9.79 Å². The number of halogens is 1. The number of methoxy groups -OCH3 is 1. The Balaban J connectivity index is 1.62. The molecule has 2 atom stereocenters. The van der Waals surface area contributed by atoms with Crippen molar-refractivity contribution in [1.82, 2.24) is 0 Å². The van der Waals surface area contributed by atoms with E-state index in [0.717, 1.165) is 24.8 Å². The Bertz CT molecular complexity index is 909. The summed E-state index contributed by atoms with van der Waals surface area (Å²) in [6.45, 7) is 0.641. The molecular weight excluding hydrogens is 465 g/mol. The van der Waals surface area contributed by atoms with Crippen molar-refractivity contribution in [3.8, 4) is 11.5 Å². The van der Waals surface area contributed by atoms with E-state index in [1.165, 1.54) is 16.4 Å². The molecule has 1 aliphatic carbocycles. The molecule has 146 valence electrons. The zero-order chi connectivity index (χ0) is 19.5. The van der Waals surface area contributed by atoms with E-state index in [1.807, 2.05) is 24.4 Å². The summed E-state index contributed by atoms with van der Waals surface area (Å²) in [7, 11) is 1.61. The number of fused-ring (bicyclic) bond motifs is 4. The van der Waals surface area contributed by atoms with Gasteiger partial charge in [-0.1, -0.05) is 46.9 Å². The number of nitrogens with zero attached hydrogens (tertiary/aromatic N) is 1. The van der Waals surface area contributed by atoms with Gasteiger partial charge in [0, 0.05) is 23.8 Å². The lowest BCUT2D eigenvalue weighted by atomic mass is 9.86. The highest BCUT2D eigenvalue weighted by Gasteiger charge is 2.39. The number of hydrogen-bond donors (Lipinski definition) is 0. The van der Waals surface area contributed by atoms with Crippen molar-refractivity contribution in [3.63, 3.8) is 0 Å². The van der Waals surface area contributed by atoms with Gasteiger partial charge in [0.25, 0.3) is 0 Å². The first-order chi connectivity index (χ1) is 13.7. The summed E-state index contributed by atoms with van der Waals surface area (Å²) in [6.07, 6.45) is 6.17. The standard InChI is InChI=1S/C23H24INO3/c1-27-20-12-18-19(13-21(20)28-10-6-2-5-9-24)25-14-16-11-15-7-3-4-8-17(15)22(16)23(18)26/h3-4,7-8,12-14,16,22H,2,5-6,9-11H2,1H3. The van der Waals surface area contributed by atoms with E-state index in [9.17, 15) is 4.79 Å². The number of hydrogen-bond acceptors (Lipinski definition) is 4. The van der Waals surface area contributed by atoms with Gasteiger partial charge >= 0.3 is 0 Å². The van der Waals surface area contributed by atoms with Gasteiger partial charge in [-0.15, -0.1) is 0 Å². The molecule has 2 aromatic rings. The summed E-state index contributed by atoms with van der Waals surface area (Å²) in [5, 5.41) is 0. The van der Waals surface area contributed by atoms with Gasteiger partial charge in [-0.2, -0.15) is 0 Å². The van der Waals surface area contributed by atoms with Crippen LogP contribution in [-0.2, 0) is 6.42 Å².